The van der Waals surface area contributed by atoms with Gasteiger partial charge in [0.1, 0.15) is 12.4 Å². The molecule has 0 saturated heterocycles. The van der Waals surface area contributed by atoms with Crippen molar-refractivity contribution in [1.29, 1.82) is 0 Å². The molecular formula is C15H16N4O6S. The van der Waals surface area contributed by atoms with Crippen molar-refractivity contribution in [2.24, 2.45) is 0 Å². The van der Waals surface area contributed by atoms with Crippen LogP contribution in [0.1, 0.15) is 18.2 Å². The summed E-state index contributed by atoms with van der Waals surface area (Å²) in [6.45, 7) is 1.93. The van der Waals surface area contributed by atoms with Gasteiger partial charge in [0.2, 0.25) is 0 Å². The van der Waals surface area contributed by atoms with E-state index in [1.807, 2.05) is 0 Å². The zero-order valence-corrected chi connectivity index (χ0v) is 14.7. The van der Waals surface area contributed by atoms with E-state index in [0.717, 1.165) is 0 Å². The van der Waals surface area contributed by atoms with Crippen molar-refractivity contribution in [1.82, 2.24) is 9.78 Å². The first-order chi connectivity index (χ1) is 12.3. The number of carbonyl (C=O) groups excluding carboxylic acids is 1. The van der Waals surface area contributed by atoms with E-state index in [1.165, 1.54) is 28.9 Å². The van der Waals surface area contributed by atoms with Gasteiger partial charge in [0, 0.05) is 24.3 Å². The fourth-order valence-electron chi connectivity index (χ4n) is 2.64. The summed E-state index contributed by atoms with van der Waals surface area (Å²) in [6, 6.07) is 5.58. The van der Waals surface area contributed by atoms with Gasteiger partial charge in [0.25, 0.3) is 11.6 Å². The number of nitrogens with zero attached hydrogens (tertiary/aromatic N) is 3. The standard InChI is InChI=1S/C15H16N4O6S/c1-2-25-7-14(20)16-15-12-8-26(23,24)9-13(12)17-18(15)10-3-5-11(6-4-10)19(21)22/h3-6H,2,7-9H2,1H3,(H,16,20). The van der Waals surface area contributed by atoms with Gasteiger partial charge >= 0.3 is 0 Å². The van der Waals surface area contributed by atoms with Crippen LogP contribution < -0.4 is 5.32 Å². The summed E-state index contributed by atoms with van der Waals surface area (Å²) < 4.78 is 30.2. The molecule has 0 bridgehead atoms. The lowest BCUT2D eigenvalue weighted by Crippen LogP contribution is -2.21. The van der Waals surface area contributed by atoms with Crippen LogP contribution in [0.5, 0.6) is 0 Å². The highest BCUT2D eigenvalue weighted by Crippen LogP contribution is 2.33. The van der Waals surface area contributed by atoms with E-state index >= 15 is 0 Å². The number of non-ortho nitro benzene ring substituents is 1. The monoisotopic (exact) mass is 380 g/mol. The van der Waals surface area contributed by atoms with E-state index in [1.54, 1.807) is 6.92 Å². The number of sulfone groups is 1. The summed E-state index contributed by atoms with van der Waals surface area (Å²) in [5.41, 5.74) is 1.16. The highest BCUT2D eigenvalue weighted by Gasteiger charge is 2.33. The molecule has 1 amide bonds. The molecule has 1 aliphatic heterocycles. The Morgan fingerprint density at radius 2 is 2.04 bits per heavy atom. The fourth-order valence-corrected chi connectivity index (χ4v) is 4.13. The van der Waals surface area contributed by atoms with Gasteiger partial charge in [0.05, 0.1) is 27.8 Å². The Labute approximate surface area is 148 Å². The van der Waals surface area contributed by atoms with Gasteiger partial charge in [-0.3, -0.25) is 14.9 Å². The van der Waals surface area contributed by atoms with Crippen LogP contribution in [0.4, 0.5) is 11.5 Å². The third-order valence-corrected chi connectivity index (χ3v) is 5.23. The van der Waals surface area contributed by atoms with Crippen molar-refractivity contribution in [3.05, 3.63) is 45.6 Å². The number of nitro benzene ring substituents is 1. The Kier molecular flexibility index (Phi) is 4.74. The number of benzene rings is 1. The molecule has 0 saturated carbocycles. The summed E-state index contributed by atoms with van der Waals surface area (Å²) in [4.78, 5) is 22.3. The second kappa shape index (κ2) is 6.84. The summed E-state index contributed by atoms with van der Waals surface area (Å²) >= 11 is 0. The second-order valence-corrected chi connectivity index (χ2v) is 7.74. The SMILES string of the molecule is CCOCC(=O)Nc1c2c(nn1-c1ccc([N+](=O)[O-])cc1)CS(=O)(=O)C2. The Morgan fingerprint density at radius 1 is 1.35 bits per heavy atom. The van der Waals surface area contributed by atoms with Gasteiger partial charge < -0.3 is 10.1 Å². The van der Waals surface area contributed by atoms with Gasteiger partial charge in [-0.15, -0.1) is 0 Å². The first kappa shape index (κ1) is 18.0. The predicted octanol–water partition coefficient (Wildman–Crippen LogP) is 1.18. The molecule has 3 rings (SSSR count). The van der Waals surface area contributed by atoms with E-state index in [4.69, 9.17) is 4.74 Å². The van der Waals surface area contributed by atoms with Crippen LogP contribution in [0.25, 0.3) is 5.69 Å². The van der Waals surface area contributed by atoms with Crippen LogP contribution in [-0.2, 0) is 30.9 Å². The van der Waals surface area contributed by atoms with Gasteiger partial charge in [-0.05, 0) is 19.1 Å². The van der Waals surface area contributed by atoms with Crippen molar-refractivity contribution in [2.75, 3.05) is 18.5 Å². The molecule has 0 atom stereocenters. The predicted molar refractivity (Wildman–Crippen MR) is 91.7 cm³/mol. The summed E-state index contributed by atoms with van der Waals surface area (Å²) in [7, 11) is -3.30. The van der Waals surface area contributed by atoms with Gasteiger partial charge in [0.15, 0.2) is 9.84 Å². The zero-order chi connectivity index (χ0) is 18.9. The van der Waals surface area contributed by atoms with Crippen molar-refractivity contribution in [3.63, 3.8) is 0 Å². The van der Waals surface area contributed by atoms with Crippen LogP contribution in [0.3, 0.4) is 0 Å². The summed E-state index contributed by atoms with van der Waals surface area (Å²) in [5, 5.41) is 17.7. The lowest BCUT2D eigenvalue weighted by atomic mass is 10.2. The Hall–Kier alpha value is -2.79. The normalized spacial score (nSPS) is 14.8. The Bertz CT molecular complexity index is 965. The smallest absolute Gasteiger partial charge is 0.269 e. The number of nitro groups is 1. The third-order valence-electron chi connectivity index (χ3n) is 3.79. The third kappa shape index (κ3) is 3.58. The number of fused-ring (bicyclic) bond motifs is 1. The summed E-state index contributed by atoms with van der Waals surface area (Å²) in [6.07, 6.45) is 0. The number of carbonyl (C=O) groups is 1. The number of hydrogen-bond donors (Lipinski definition) is 1. The van der Waals surface area contributed by atoms with Crippen LogP contribution in [0.2, 0.25) is 0 Å². The number of rotatable bonds is 6. The van der Waals surface area contributed by atoms with Crippen LogP contribution >= 0.6 is 0 Å². The van der Waals surface area contributed by atoms with Gasteiger partial charge in [-0.1, -0.05) is 0 Å². The number of anilines is 1. The van der Waals surface area contributed by atoms with Crippen molar-refractivity contribution in [2.45, 2.75) is 18.4 Å². The summed E-state index contributed by atoms with van der Waals surface area (Å²) in [5.74, 6) is -0.641. The fraction of sp³-hybridized carbons (Fsp3) is 0.333. The maximum Gasteiger partial charge on any atom is 0.269 e. The van der Waals surface area contributed by atoms with E-state index in [-0.39, 0.29) is 29.6 Å². The van der Waals surface area contributed by atoms with Crippen LogP contribution in [0, 0.1) is 10.1 Å². The molecule has 0 radical (unpaired) electrons. The molecule has 1 aromatic heterocycles. The molecule has 0 unspecified atom stereocenters. The van der Waals surface area contributed by atoms with E-state index < -0.39 is 20.7 Å². The number of aromatic nitrogens is 2. The van der Waals surface area contributed by atoms with Crippen molar-refractivity contribution in [3.8, 4) is 5.69 Å². The minimum absolute atomic E-state index is 0.0852. The molecule has 1 aromatic carbocycles. The molecule has 26 heavy (non-hydrogen) atoms. The molecule has 138 valence electrons. The Morgan fingerprint density at radius 3 is 2.65 bits per heavy atom. The van der Waals surface area contributed by atoms with Crippen LogP contribution in [-0.4, -0.2) is 42.2 Å². The quantitative estimate of drug-likeness (QED) is 0.587. The first-order valence-corrected chi connectivity index (χ1v) is 9.56. The van der Waals surface area contributed by atoms with Crippen molar-refractivity contribution >= 4 is 27.2 Å². The second-order valence-electron chi connectivity index (χ2n) is 5.68. The molecule has 0 aliphatic carbocycles. The van der Waals surface area contributed by atoms with E-state index in [0.29, 0.717) is 23.6 Å². The average molecular weight is 380 g/mol. The molecule has 10 nitrogen and oxygen atoms in total. The average Bonchev–Trinajstić information content (AvgIpc) is 3.06. The molecule has 1 aliphatic rings. The van der Waals surface area contributed by atoms with E-state index in [2.05, 4.69) is 10.4 Å². The first-order valence-electron chi connectivity index (χ1n) is 7.74. The lowest BCUT2D eigenvalue weighted by Gasteiger charge is -2.11. The zero-order valence-electron chi connectivity index (χ0n) is 13.8. The van der Waals surface area contributed by atoms with Crippen LogP contribution in [0.15, 0.2) is 24.3 Å². The number of ether oxygens (including phenoxy) is 1. The number of amides is 1. The molecule has 1 N–H and O–H groups in total. The molecule has 0 spiro atoms. The highest BCUT2D eigenvalue weighted by atomic mass is 32.2. The van der Waals surface area contributed by atoms with E-state index in [9.17, 15) is 23.3 Å². The highest BCUT2D eigenvalue weighted by molar-refractivity contribution is 7.90. The molecule has 11 heteroatoms. The molecule has 2 aromatic rings. The number of hydrogen-bond acceptors (Lipinski definition) is 7. The minimum atomic E-state index is -3.30. The topological polar surface area (TPSA) is 133 Å². The lowest BCUT2D eigenvalue weighted by molar-refractivity contribution is -0.384. The number of nitrogens with one attached hydrogen (secondary N) is 1. The van der Waals surface area contributed by atoms with Gasteiger partial charge in [-0.2, -0.15) is 5.10 Å². The molecular weight excluding hydrogens is 364 g/mol. The molecule has 2 heterocycles. The molecule has 0 fully saturated rings. The van der Waals surface area contributed by atoms with Gasteiger partial charge in [-0.25, -0.2) is 13.1 Å². The maximum absolute atomic E-state index is 12.0. The largest absolute Gasteiger partial charge is 0.372 e. The maximum atomic E-state index is 12.0. The Balaban J connectivity index is 2.00. The van der Waals surface area contributed by atoms with Crippen molar-refractivity contribution < 1.29 is 22.9 Å². The minimum Gasteiger partial charge on any atom is -0.372 e.